The highest BCUT2D eigenvalue weighted by atomic mass is 16.6. The lowest BCUT2D eigenvalue weighted by Gasteiger charge is -2.26. The van der Waals surface area contributed by atoms with Crippen molar-refractivity contribution >= 4 is 17.3 Å². The van der Waals surface area contributed by atoms with Gasteiger partial charge in [-0.05, 0) is 12.1 Å². The topological polar surface area (TPSA) is 93.9 Å². The lowest BCUT2D eigenvalue weighted by atomic mass is 10.1. The third-order valence-corrected chi connectivity index (χ3v) is 3.46. The SMILES string of the molecule is COC(=O)c1cc(NCCN2CCOCC2)ccc1[N+](=O)[O-]. The van der Waals surface area contributed by atoms with Crippen LogP contribution in [0.4, 0.5) is 11.4 Å². The van der Waals surface area contributed by atoms with Crippen LogP contribution in [-0.2, 0) is 9.47 Å². The molecule has 120 valence electrons. The van der Waals surface area contributed by atoms with Crippen molar-refractivity contribution in [1.29, 1.82) is 0 Å². The Kier molecular flexibility index (Phi) is 5.68. The van der Waals surface area contributed by atoms with E-state index in [9.17, 15) is 14.9 Å². The van der Waals surface area contributed by atoms with Crippen LogP contribution in [-0.4, -0.2) is 62.3 Å². The molecule has 1 aromatic rings. The first-order valence-corrected chi connectivity index (χ1v) is 7.02. The average Bonchev–Trinajstić information content (AvgIpc) is 2.54. The van der Waals surface area contributed by atoms with Crippen LogP contribution in [0.25, 0.3) is 0 Å². The molecule has 8 heteroatoms. The molecule has 0 spiro atoms. The zero-order valence-corrected chi connectivity index (χ0v) is 12.4. The average molecular weight is 309 g/mol. The van der Waals surface area contributed by atoms with Crippen molar-refractivity contribution in [2.24, 2.45) is 0 Å². The molecule has 2 rings (SSSR count). The molecule has 22 heavy (non-hydrogen) atoms. The minimum atomic E-state index is -0.719. The second-order valence-electron chi connectivity index (χ2n) is 4.86. The summed E-state index contributed by atoms with van der Waals surface area (Å²) in [5.74, 6) is -0.719. The molecule has 0 aliphatic carbocycles. The van der Waals surface area contributed by atoms with Gasteiger partial charge in [-0.25, -0.2) is 4.79 Å². The number of nitrogens with one attached hydrogen (secondary N) is 1. The number of nitrogens with zero attached hydrogens (tertiary/aromatic N) is 2. The van der Waals surface area contributed by atoms with E-state index in [0.29, 0.717) is 12.2 Å². The molecule has 1 N–H and O–H groups in total. The van der Waals surface area contributed by atoms with Gasteiger partial charge in [0.05, 0.1) is 25.2 Å². The summed E-state index contributed by atoms with van der Waals surface area (Å²) >= 11 is 0. The fourth-order valence-corrected chi connectivity index (χ4v) is 2.26. The zero-order valence-electron chi connectivity index (χ0n) is 12.4. The summed E-state index contributed by atoms with van der Waals surface area (Å²) in [5.41, 5.74) is 0.341. The number of hydrogen-bond acceptors (Lipinski definition) is 7. The van der Waals surface area contributed by atoms with E-state index >= 15 is 0 Å². The number of methoxy groups -OCH3 is 1. The number of esters is 1. The lowest BCUT2D eigenvalue weighted by Crippen LogP contribution is -2.39. The van der Waals surface area contributed by atoms with Crippen LogP contribution in [0, 0.1) is 10.1 Å². The Hall–Kier alpha value is -2.19. The van der Waals surface area contributed by atoms with E-state index in [2.05, 4.69) is 15.0 Å². The first-order valence-electron chi connectivity index (χ1n) is 7.02. The van der Waals surface area contributed by atoms with Gasteiger partial charge in [-0.15, -0.1) is 0 Å². The zero-order chi connectivity index (χ0) is 15.9. The Labute approximate surface area is 128 Å². The molecule has 0 unspecified atom stereocenters. The Morgan fingerprint density at radius 3 is 2.82 bits per heavy atom. The maximum Gasteiger partial charge on any atom is 0.344 e. The Morgan fingerprint density at radius 1 is 1.45 bits per heavy atom. The molecule has 8 nitrogen and oxygen atoms in total. The van der Waals surface area contributed by atoms with Crippen molar-refractivity contribution in [2.75, 3.05) is 51.8 Å². The number of morpholine rings is 1. The van der Waals surface area contributed by atoms with E-state index in [1.54, 1.807) is 6.07 Å². The fraction of sp³-hybridized carbons (Fsp3) is 0.500. The Balaban J connectivity index is 1.98. The van der Waals surface area contributed by atoms with Crippen LogP contribution < -0.4 is 5.32 Å². The van der Waals surface area contributed by atoms with Gasteiger partial charge in [-0.2, -0.15) is 0 Å². The number of carbonyl (C=O) groups is 1. The smallest absolute Gasteiger partial charge is 0.344 e. The minimum Gasteiger partial charge on any atom is -0.465 e. The number of hydrogen-bond donors (Lipinski definition) is 1. The third kappa shape index (κ3) is 4.15. The maximum atomic E-state index is 11.6. The summed E-state index contributed by atoms with van der Waals surface area (Å²) in [6.07, 6.45) is 0. The second-order valence-corrected chi connectivity index (χ2v) is 4.86. The lowest BCUT2D eigenvalue weighted by molar-refractivity contribution is -0.385. The van der Waals surface area contributed by atoms with Gasteiger partial charge >= 0.3 is 5.97 Å². The molecule has 1 aliphatic rings. The highest BCUT2D eigenvalue weighted by Gasteiger charge is 2.21. The monoisotopic (exact) mass is 309 g/mol. The van der Waals surface area contributed by atoms with Gasteiger partial charge in [0.1, 0.15) is 5.56 Å². The van der Waals surface area contributed by atoms with Crippen molar-refractivity contribution in [3.63, 3.8) is 0 Å². The molecule has 1 aromatic carbocycles. The molecule has 1 saturated heterocycles. The van der Waals surface area contributed by atoms with Crippen molar-refractivity contribution in [3.05, 3.63) is 33.9 Å². The number of benzene rings is 1. The number of carbonyl (C=O) groups excluding carboxylic acids is 1. The van der Waals surface area contributed by atoms with E-state index in [1.807, 2.05) is 0 Å². The number of anilines is 1. The quantitative estimate of drug-likeness (QED) is 0.478. The summed E-state index contributed by atoms with van der Waals surface area (Å²) in [5, 5.41) is 14.1. The van der Waals surface area contributed by atoms with Gasteiger partial charge in [-0.1, -0.05) is 0 Å². The largest absolute Gasteiger partial charge is 0.465 e. The molecule has 0 bridgehead atoms. The normalized spacial score (nSPS) is 15.3. The molecule has 1 aliphatic heterocycles. The van der Waals surface area contributed by atoms with Crippen LogP contribution in [0.15, 0.2) is 18.2 Å². The van der Waals surface area contributed by atoms with Crippen LogP contribution in [0.1, 0.15) is 10.4 Å². The van der Waals surface area contributed by atoms with Gasteiger partial charge in [-0.3, -0.25) is 15.0 Å². The van der Waals surface area contributed by atoms with Crippen molar-refractivity contribution in [1.82, 2.24) is 4.90 Å². The Morgan fingerprint density at radius 2 is 2.18 bits per heavy atom. The molecule has 0 atom stereocenters. The van der Waals surface area contributed by atoms with Gasteiger partial charge < -0.3 is 14.8 Å². The number of nitro benzene ring substituents is 1. The minimum absolute atomic E-state index is 0.0520. The molecule has 0 radical (unpaired) electrons. The van der Waals surface area contributed by atoms with E-state index in [4.69, 9.17) is 4.74 Å². The number of rotatable bonds is 6. The van der Waals surface area contributed by atoms with Crippen LogP contribution in [0.5, 0.6) is 0 Å². The van der Waals surface area contributed by atoms with E-state index in [1.165, 1.54) is 19.2 Å². The molecule has 0 aromatic heterocycles. The van der Waals surface area contributed by atoms with E-state index < -0.39 is 10.9 Å². The van der Waals surface area contributed by atoms with Crippen LogP contribution in [0.3, 0.4) is 0 Å². The second kappa shape index (κ2) is 7.71. The molecule has 1 heterocycles. The molecule has 0 saturated carbocycles. The van der Waals surface area contributed by atoms with Crippen molar-refractivity contribution in [2.45, 2.75) is 0 Å². The van der Waals surface area contributed by atoms with Gasteiger partial charge in [0.2, 0.25) is 0 Å². The summed E-state index contributed by atoms with van der Waals surface area (Å²) < 4.78 is 9.87. The van der Waals surface area contributed by atoms with Crippen molar-refractivity contribution < 1.29 is 19.2 Å². The summed E-state index contributed by atoms with van der Waals surface area (Å²) in [6.45, 7) is 4.80. The predicted molar refractivity (Wildman–Crippen MR) is 80.2 cm³/mol. The van der Waals surface area contributed by atoms with Gasteiger partial charge in [0, 0.05) is 37.9 Å². The fourth-order valence-electron chi connectivity index (χ4n) is 2.26. The van der Waals surface area contributed by atoms with Gasteiger partial charge in [0.25, 0.3) is 5.69 Å². The number of nitro groups is 1. The number of ether oxygens (including phenoxy) is 2. The van der Waals surface area contributed by atoms with E-state index in [-0.39, 0.29) is 11.3 Å². The van der Waals surface area contributed by atoms with Crippen molar-refractivity contribution in [3.8, 4) is 0 Å². The van der Waals surface area contributed by atoms with E-state index in [0.717, 1.165) is 32.8 Å². The maximum absolute atomic E-state index is 11.6. The standard InChI is InChI=1S/C14H19N3O5/c1-21-14(18)12-10-11(2-3-13(12)17(19)20)15-4-5-16-6-8-22-9-7-16/h2-3,10,15H,4-9H2,1H3. The summed E-state index contributed by atoms with van der Waals surface area (Å²) in [6, 6.07) is 4.34. The van der Waals surface area contributed by atoms with Gasteiger partial charge in [0.15, 0.2) is 0 Å². The molecular weight excluding hydrogens is 290 g/mol. The first-order chi connectivity index (χ1) is 10.6. The Bertz CT molecular complexity index is 543. The highest BCUT2D eigenvalue weighted by Crippen LogP contribution is 2.23. The predicted octanol–water partition coefficient (Wildman–Crippen LogP) is 1.13. The molecule has 1 fully saturated rings. The molecule has 0 amide bonds. The first kappa shape index (κ1) is 16.2. The third-order valence-electron chi connectivity index (χ3n) is 3.46. The molecular formula is C14H19N3O5. The summed E-state index contributed by atoms with van der Waals surface area (Å²) in [4.78, 5) is 24.2. The highest BCUT2D eigenvalue weighted by molar-refractivity contribution is 5.95. The summed E-state index contributed by atoms with van der Waals surface area (Å²) in [7, 11) is 1.20. The van der Waals surface area contributed by atoms with Crippen LogP contribution in [0.2, 0.25) is 0 Å². The van der Waals surface area contributed by atoms with Crippen LogP contribution >= 0.6 is 0 Å².